The monoisotopic (exact) mass is 491 g/mol. The molecule has 0 saturated carbocycles. The first-order chi connectivity index (χ1) is 17.4. The van der Waals surface area contributed by atoms with Crippen molar-refractivity contribution in [1.82, 2.24) is 14.3 Å². The van der Waals surface area contributed by atoms with E-state index in [1.165, 1.54) is 4.90 Å². The highest BCUT2D eigenvalue weighted by Crippen LogP contribution is 2.40. The van der Waals surface area contributed by atoms with Gasteiger partial charge in [-0.25, -0.2) is 4.98 Å². The van der Waals surface area contributed by atoms with Gasteiger partial charge in [-0.1, -0.05) is 31.5 Å². The van der Waals surface area contributed by atoms with Gasteiger partial charge in [-0.2, -0.15) is 0 Å². The van der Waals surface area contributed by atoms with E-state index in [0.717, 1.165) is 18.4 Å². The average molecular weight is 492 g/mol. The van der Waals surface area contributed by atoms with E-state index in [9.17, 15) is 14.7 Å². The van der Waals surface area contributed by atoms with E-state index in [2.05, 4.69) is 11.9 Å². The Morgan fingerprint density at radius 2 is 1.92 bits per heavy atom. The van der Waals surface area contributed by atoms with Crippen molar-refractivity contribution in [3.8, 4) is 5.75 Å². The highest BCUT2D eigenvalue weighted by molar-refractivity contribution is 6.46. The SMILES string of the molecule is CCCCOc1cccc(C2C(=C(O)c3nc4c(C)cccn4c3C)C(=O)C(=O)N2CCCOC)c1. The molecule has 8 nitrogen and oxygen atoms in total. The van der Waals surface area contributed by atoms with Gasteiger partial charge in [-0.3, -0.25) is 9.59 Å². The number of pyridine rings is 1. The number of benzene rings is 1. The average Bonchev–Trinajstić information content (AvgIpc) is 3.34. The Hall–Kier alpha value is -3.65. The Morgan fingerprint density at radius 3 is 2.64 bits per heavy atom. The molecule has 1 unspecified atom stereocenters. The molecule has 0 radical (unpaired) electrons. The number of fused-ring (bicyclic) bond motifs is 1. The number of nitrogens with zero attached hydrogens (tertiary/aromatic N) is 3. The van der Waals surface area contributed by atoms with Crippen LogP contribution in [0.4, 0.5) is 0 Å². The van der Waals surface area contributed by atoms with Crippen LogP contribution in [0, 0.1) is 13.8 Å². The third-order valence-electron chi connectivity index (χ3n) is 6.54. The molecule has 0 aliphatic carbocycles. The first-order valence-corrected chi connectivity index (χ1v) is 12.3. The second kappa shape index (κ2) is 11.0. The van der Waals surface area contributed by atoms with Crippen molar-refractivity contribution < 1.29 is 24.2 Å². The fraction of sp³-hybridized carbons (Fsp3) is 0.393. The molecule has 1 atom stereocenters. The fourth-order valence-corrected chi connectivity index (χ4v) is 4.62. The molecular weight excluding hydrogens is 458 g/mol. The number of carbonyl (C=O) groups excluding carboxylic acids is 2. The highest BCUT2D eigenvalue weighted by atomic mass is 16.5. The normalized spacial score (nSPS) is 17.3. The number of aryl methyl sites for hydroxylation is 2. The summed E-state index contributed by atoms with van der Waals surface area (Å²) in [6, 6.07) is 10.5. The van der Waals surface area contributed by atoms with Gasteiger partial charge in [0.05, 0.1) is 23.9 Å². The standard InChI is InChI=1S/C28H33N3O5/c1-5-6-16-36-21-12-7-11-20(17-21)24-22(26(33)28(34)31(24)14-9-15-35-4)25(32)23-19(3)30-13-8-10-18(2)27(30)29-23/h7-8,10-13,17,24,32H,5-6,9,14-16H2,1-4H3. The van der Waals surface area contributed by atoms with Gasteiger partial charge in [0.15, 0.2) is 5.76 Å². The molecule has 190 valence electrons. The number of ether oxygens (including phenoxy) is 2. The molecule has 3 heterocycles. The molecular formula is C28H33N3O5. The van der Waals surface area contributed by atoms with Crippen LogP contribution in [0.3, 0.4) is 0 Å². The van der Waals surface area contributed by atoms with Crippen LogP contribution < -0.4 is 4.74 Å². The van der Waals surface area contributed by atoms with Gasteiger partial charge in [0.25, 0.3) is 11.7 Å². The number of unbranched alkanes of at least 4 members (excludes halogenated alkanes) is 1. The van der Waals surface area contributed by atoms with Crippen LogP contribution in [0.25, 0.3) is 11.4 Å². The molecule has 1 aromatic carbocycles. The van der Waals surface area contributed by atoms with E-state index in [-0.39, 0.29) is 11.3 Å². The van der Waals surface area contributed by atoms with Crippen LogP contribution >= 0.6 is 0 Å². The lowest BCUT2D eigenvalue weighted by Gasteiger charge is -2.25. The van der Waals surface area contributed by atoms with Crippen LogP contribution in [-0.2, 0) is 14.3 Å². The van der Waals surface area contributed by atoms with Gasteiger partial charge >= 0.3 is 0 Å². The molecule has 4 rings (SSSR count). The van der Waals surface area contributed by atoms with Gasteiger partial charge in [-0.05, 0) is 56.0 Å². The van der Waals surface area contributed by atoms with E-state index in [4.69, 9.17) is 9.47 Å². The molecule has 2 aromatic heterocycles. The quantitative estimate of drug-likeness (QED) is 0.193. The van der Waals surface area contributed by atoms with E-state index in [1.54, 1.807) is 7.11 Å². The van der Waals surface area contributed by atoms with E-state index < -0.39 is 17.7 Å². The van der Waals surface area contributed by atoms with Crippen LogP contribution in [0.2, 0.25) is 0 Å². The number of hydrogen-bond acceptors (Lipinski definition) is 6. The maximum absolute atomic E-state index is 13.3. The van der Waals surface area contributed by atoms with Crippen LogP contribution in [0.1, 0.15) is 54.7 Å². The van der Waals surface area contributed by atoms with Crippen molar-refractivity contribution in [2.45, 2.75) is 46.1 Å². The van der Waals surface area contributed by atoms with Crippen LogP contribution in [-0.4, -0.2) is 57.9 Å². The lowest BCUT2D eigenvalue weighted by atomic mass is 9.96. The minimum atomic E-state index is -0.762. The van der Waals surface area contributed by atoms with E-state index in [1.807, 2.05) is 60.8 Å². The third kappa shape index (κ3) is 4.73. The molecule has 1 N–H and O–H groups in total. The number of amides is 1. The summed E-state index contributed by atoms with van der Waals surface area (Å²) in [5.41, 5.74) is 3.33. The summed E-state index contributed by atoms with van der Waals surface area (Å²) in [6.07, 6.45) is 4.35. The smallest absolute Gasteiger partial charge is 0.295 e. The number of methoxy groups -OCH3 is 1. The Bertz CT molecular complexity index is 1310. The molecule has 36 heavy (non-hydrogen) atoms. The molecule has 8 heteroatoms. The minimum absolute atomic E-state index is 0.0345. The van der Waals surface area contributed by atoms with Crippen molar-refractivity contribution in [2.24, 2.45) is 0 Å². The maximum atomic E-state index is 13.3. The lowest BCUT2D eigenvalue weighted by molar-refractivity contribution is -0.140. The zero-order chi connectivity index (χ0) is 25.8. The molecule has 0 spiro atoms. The minimum Gasteiger partial charge on any atom is -0.505 e. The maximum Gasteiger partial charge on any atom is 0.295 e. The Balaban J connectivity index is 1.84. The largest absolute Gasteiger partial charge is 0.505 e. The zero-order valence-corrected chi connectivity index (χ0v) is 21.3. The first-order valence-electron chi connectivity index (χ1n) is 12.3. The fourth-order valence-electron chi connectivity index (χ4n) is 4.62. The summed E-state index contributed by atoms with van der Waals surface area (Å²) in [6.45, 7) is 7.19. The molecule has 3 aromatic rings. The number of carbonyl (C=O) groups is 2. The summed E-state index contributed by atoms with van der Waals surface area (Å²) >= 11 is 0. The second-order valence-corrected chi connectivity index (χ2v) is 9.04. The van der Waals surface area contributed by atoms with Gasteiger partial charge < -0.3 is 23.9 Å². The van der Waals surface area contributed by atoms with Crippen molar-refractivity contribution in [3.63, 3.8) is 0 Å². The predicted octanol–water partition coefficient (Wildman–Crippen LogP) is 4.59. The lowest BCUT2D eigenvalue weighted by Crippen LogP contribution is -2.31. The van der Waals surface area contributed by atoms with Crippen LogP contribution in [0.15, 0.2) is 48.2 Å². The second-order valence-electron chi connectivity index (χ2n) is 9.04. The summed E-state index contributed by atoms with van der Waals surface area (Å²) in [5.74, 6) is -0.985. The van der Waals surface area contributed by atoms with Gasteiger partial charge in [0.1, 0.15) is 17.1 Å². The first kappa shape index (κ1) is 25.4. The van der Waals surface area contributed by atoms with Crippen molar-refractivity contribution in [2.75, 3.05) is 26.9 Å². The topological polar surface area (TPSA) is 93.4 Å². The molecule has 0 bridgehead atoms. The molecule has 1 saturated heterocycles. The number of hydrogen-bond donors (Lipinski definition) is 1. The zero-order valence-electron chi connectivity index (χ0n) is 21.3. The van der Waals surface area contributed by atoms with Gasteiger partial charge in [0, 0.05) is 26.5 Å². The van der Waals surface area contributed by atoms with E-state index in [0.29, 0.717) is 54.5 Å². The number of likely N-dealkylation sites (tertiary alicyclic amines) is 1. The number of aliphatic hydroxyl groups excluding tert-OH is 1. The van der Waals surface area contributed by atoms with E-state index >= 15 is 0 Å². The number of rotatable bonds is 10. The number of aliphatic hydroxyl groups is 1. The Morgan fingerprint density at radius 1 is 1.11 bits per heavy atom. The molecule has 1 fully saturated rings. The van der Waals surface area contributed by atoms with Gasteiger partial charge in [0.2, 0.25) is 0 Å². The van der Waals surface area contributed by atoms with Crippen LogP contribution in [0.5, 0.6) is 5.75 Å². The number of ketones is 1. The van der Waals surface area contributed by atoms with Crippen molar-refractivity contribution in [3.05, 3.63) is 70.7 Å². The highest BCUT2D eigenvalue weighted by Gasteiger charge is 2.46. The van der Waals surface area contributed by atoms with Gasteiger partial charge in [-0.15, -0.1) is 0 Å². The summed E-state index contributed by atoms with van der Waals surface area (Å²) in [7, 11) is 1.59. The number of imidazole rings is 1. The Kier molecular flexibility index (Phi) is 7.74. The Labute approximate surface area is 211 Å². The predicted molar refractivity (Wildman–Crippen MR) is 137 cm³/mol. The molecule has 1 aliphatic heterocycles. The third-order valence-corrected chi connectivity index (χ3v) is 6.54. The molecule has 1 aliphatic rings. The summed E-state index contributed by atoms with van der Waals surface area (Å²) < 4.78 is 12.9. The summed E-state index contributed by atoms with van der Waals surface area (Å²) in [5, 5.41) is 11.5. The van der Waals surface area contributed by atoms with Crippen molar-refractivity contribution in [1.29, 1.82) is 0 Å². The van der Waals surface area contributed by atoms with Crippen molar-refractivity contribution >= 4 is 23.1 Å². The summed E-state index contributed by atoms with van der Waals surface area (Å²) in [4.78, 5) is 32.6. The number of Topliss-reactive ketones (excluding diaryl/α,β-unsaturated/α-hetero) is 1. The number of aromatic nitrogens is 2. The molecule has 1 amide bonds.